The standard InChI is InChI=1S/C16H29NO5/c1-10(2)8-16(13(19)21-7)12(18)11(3)9-17(16)14(20)22-15(4,5)6/h10-12,18H,8-9H2,1-7H3/t11-,12+,16+/m1/s1. The first kappa shape index (κ1) is 18.7. The summed E-state index contributed by atoms with van der Waals surface area (Å²) >= 11 is 0. The van der Waals surface area contributed by atoms with Crippen molar-refractivity contribution in [3.8, 4) is 0 Å². The summed E-state index contributed by atoms with van der Waals surface area (Å²) in [6.45, 7) is 11.3. The maximum atomic E-state index is 12.6. The number of carbonyl (C=O) groups is 2. The number of likely N-dealkylation sites (tertiary alicyclic amines) is 1. The number of amides is 1. The number of aliphatic hydroxyl groups excluding tert-OH is 1. The quantitative estimate of drug-likeness (QED) is 0.808. The first-order chi connectivity index (χ1) is 9.95. The van der Waals surface area contributed by atoms with Gasteiger partial charge in [0.1, 0.15) is 5.60 Å². The number of esters is 1. The van der Waals surface area contributed by atoms with Gasteiger partial charge >= 0.3 is 12.1 Å². The first-order valence-electron chi connectivity index (χ1n) is 7.72. The smallest absolute Gasteiger partial charge is 0.411 e. The number of ether oxygens (including phenoxy) is 2. The molecule has 1 aliphatic heterocycles. The van der Waals surface area contributed by atoms with Crippen LogP contribution >= 0.6 is 0 Å². The summed E-state index contributed by atoms with van der Waals surface area (Å²) in [4.78, 5) is 26.4. The second-order valence-electron chi connectivity index (χ2n) is 7.53. The Labute approximate surface area is 132 Å². The number of hydrogen-bond donors (Lipinski definition) is 1. The number of carbonyl (C=O) groups excluding carboxylic acids is 2. The van der Waals surface area contributed by atoms with Crippen molar-refractivity contribution in [2.45, 2.75) is 65.2 Å². The molecule has 1 saturated heterocycles. The summed E-state index contributed by atoms with van der Waals surface area (Å²) in [5.74, 6) is -0.724. The Kier molecular flexibility index (Phi) is 5.49. The highest BCUT2D eigenvalue weighted by atomic mass is 16.6. The molecule has 6 heteroatoms. The fourth-order valence-electron chi connectivity index (χ4n) is 3.08. The van der Waals surface area contributed by atoms with Gasteiger partial charge in [0.05, 0.1) is 13.2 Å². The van der Waals surface area contributed by atoms with Gasteiger partial charge in [0.2, 0.25) is 0 Å². The third-order valence-corrected chi connectivity index (χ3v) is 3.85. The lowest BCUT2D eigenvalue weighted by atomic mass is 9.82. The van der Waals surface area contributed by atoms with E-state index in [1.165, 1.54) is 12.0 Å². The zero-order chi connectivity index (χ0) is 17.3. The molecule has 1 aliphatic rings. The molecule has 22 heavy (non-hydrogen) atoms. The fraction of sp³-hybridized carbons (Fsp3) is 0.875. The van der Waals surface area contributed by atoms with Gasteiger partial charge in [0.25, 0.3) is 0 Å². The number of hydrogen-bond acceptors (Lipinski definition) is 5. The first-order valence-corrected chi connectivity index (χ1v) is 7.72. The molecule has 0 aromatic rings. The Hall–Kier alpha value is -1.30. The van der Waals surface area contributed by atoms with Crippen LogP contribution in [0.5, 0.6) is 0 Å². The predicted octanol–water partition coefficient (Wildman–Crippen LogP) is 2.19. The minimum atomic E-state index is -1.38. The SMILES string of the molecule is COC(=O)[C@]1(CC(C)C)[C@@H](O)[C@H](C)CN1C(=O)OC(C)(C)C. The van der Waals surface area contributed by atoms with E-state index in [1.807, 2.05) is 20.8 Å². The van der Waals surface area contributed by atoms with Gasteiger partial charge in [-0.2, -0.15) is 0 Å². The average molecular weight is 315 g/mol. The van der Waals surface area contributed by atoms with Gasteiger partial charge in [-0.1, -0.05) is 20.8 Å². The van der Waals surface area contributed by atoms with Crippen LogP contribution in [0.25, 0.3) is 0 Å². The Balaban J connectivity index is 3.26. The molecule has 0 aliphatic carbocycles. The maximum absolute atomic E-state index is 12.6. The Morgan fingerprint density at radius 1 is 1.36 bits per heavy atom. The molecule has 128 valence electrons. The molecule has 0 saturated carbocycles. The number of aliphatic hydroxyl groups is 1. The Bertz CT molecular complexity index is 429. The molecule has 3 atom stereocenters. The van der Waals surface area contributed by atoms with Crippen molar-refractivity contribution in [3.05, 3.63) is 0 Å². The van der Waals surface area contributed by atoms with Gasteiger partial charge in [-0.05, 0) is 33.1 Å². The van der Waals surface area contributed by atoms with E-state index in [0.717, 1.165) is 0 Å². The third-order valence-electron chi connectivity index (χ3n) is 3.85. The summed E-state index contributed by atoms with van der Waals surface area (Å²) in [6, 6.07) is 0. The van der Waals surface area contributed by atoms with Gasteiger partial charge in [-0.25, -0.2) is 9.59 Å². The van der Waals surface area contributed by atoms with Crippen molar-refractivity contribution in [2.24, 2.45) is 11.8 Å². The van der Waals surface area contributed by atoms with E-state index < -0.39 is 29.3 Å². The second kappa shape index (κ2) is 6.44. The van der Waals surface area contributed by atoms with Crippen LogP contribution in [0, 0.1) is 11.8 Å². The van der Waals surface area contributed by atoms with E-state index in [4.69, 9.17) is 9.47 Å². The monoisotopic (exact) mass is 315 g/mol. The van der Waals surface area contributed by atoms with E-state index in [9.17, 15) is 14.7 Å². The van der Waals surface area contributed by atoms with Crippen molar-refractivity contribution in [1.82, 2.24) is 4.90 Å². The highest BCUT2D eigenvalue weighted by Gasteiger charge is 2.60. The average Bonchev–Trinajstić information content (AvgIpc) is 2.61. The molecule has 0 aromatic heterocycles. The molecule has 0 unspecified atom stereocenters. The van der Waals surface area contributed by atoms with Crippen LogP contribution in [0.4, 0.5) is 4.79 Å². The summed E-state index contributed by atoms with van der Waals surface area (Å²) in [5.41, 5.74) is -2.06. The maximum Gasteiger partial charge on any atom is 0.411 e. The van der Waals surface area contributed by atoms with Gasteiger partial charge in [-0.3, -0.25) is 4.90 Å². The Morgan fingerprint density at radius 2 is 1.91 bits per heavy atom. The van der Waals surface area contributed by atoms with E-state index >= 15 is 0 Å². The topological polar surface area (TPSA) is 76.1 Å². The van der Waals surface area contributed by atoms with Crippen molar-refractivity contribution in [1.29, 1.82) is 0 Å². The molecule has 1 amide bonds. The summed E-state index contributed by atoms with van der Waals surface area (Å²) in [5, 5.41) is 10.6. The molecule has 6 nitrogen and oxygen atoms in total. The van der Waals surface area contributed by atoms with Gasteiger partial charge in [0, 0.05) is 12.5 Å². The van der Waals surface area contributed by atoms with E-state index in [1.54, 1.807) is 20.8 Å². The fourth-order valence-corrected chi connectivity index (χ4v) is 3.08. The van der Waals surface area contributed by atoms with Crippen molar-refractivity contribution in [3.63, 3.8) is 0 Å². The summed E-state index contributed by atoms with van der Waals surface area (Å²) in [6.07, 6.45) is -1.25. The lowest BCUT2D eigenvalue weighted by molar-refractivity contribution is -0.160. The third kappa shape index (κ3) is 3.54. The highest BCUT2D eigenvalue weighted by molar-refractivity contribution is 5.87. The van der Waals surface area contributed by atoms with Crippen LogP contribution in [0.15, 0.2) is 0 Å². The predicted molar refractivity (Wildman–Crippen MR) is 82.3 cm³/mol. The number of nitrogens with zero attached hydrogens (tertiary/aromatic N) is 1. The molecule has 1 heterocycles. The van der Waals surface area contributed by atoms with Crippen LogP contribution in [0.3, 0.4) is 0 Å². The van der Waals surface area contributed by atoms with Crippen molar-refractivity contribution < 1.29 is 24.2 Å². The molecule has 0 bridgehead atoms. The van der Waals surface area contributed by atoms with Gasteiger partial charge in [-0.15, -0.1) is 0 Å². The molecule has 0 aromatic carbocycles. The minimum Gasteiger partial charge on any atom is -0.467 e. The molecule has 1 N–H and O–H groups in total. The molecule has 1 fully saturated rings. The molecular formula is C16H29NO5. The zero-order valence-electron chi connectivity index (χ0n) is 14.7. The van der Waals surface area contributed by atoms with Gasteiger partial charge < -0.3 is 14.6 Å². The molecule has 1 rings (SSSR count). The largest absolute Gasteiger partial charge is 0.467 e. The highest BCUT2D eigenvalue weighted by Crippen LogP contribution is 2.40. The normalized spacial score (nSPS) is 28.9. The number of methoxy groups -OCH3 is 1. The van der Waals surface area contributed by atoms with E-state index in [-0.39, 0.29) is 18.4 Å². The van der Waals surface area contributed by atoms with E-state index in [2.05, 4.69) is 0 Å². The molecule has 0 radical (unpaired) electrons. The number of rotatable bonds is 3. The van der Waals surface area contributed by atoms with E-state index in [0.29, 0.717) is 6.42 Å². The Morgan fingerprint density at radius 3 is 2.32 bits per heavy atom. The van der Waals surface area contributed by atoms with Crippen molar-refractivity contribution in [2.75, 3.05) is 13.7 Å². The molecule has 0 spiro atoms. The van der Waals surface area contributed by atoms with Crippen LogP contribution < -0.4 is 0 Å². The minimum absolute atomic E-state index is 0.101. The molecular weight excluding hydrogens is 286 g/mol. The van der Waals surface area contributed by atoms with Crippen LogP contribution in [0.2, 0.25) is 0 Å². The lowest BCUT2D eigenvalue weighted by Gasteiger charge is -2.39. The van der Waals surface area contributed by atoms with Crippen LogP contribution in [-0.2, 0) is 14.3 Å². The summed E-state index contributed by atoms with van der Waals surface area (Å²) in [7, 11) is 1.27. The van der Waals surface area contributed by atoms with Crippen LogP contribution in [0.1, 0.15) is 48.0 Å². The van der Waals surface area contributed by atoms with Crippen molar-refractivity contribution >= 4 is 12.1 Å². The summed E-state index contributed by atoms with van der Waals surface area (Å²) < 4.78 is 10.3. The lowest BCUT2D eigenvalue weighted by Crippen LogP contribution is -2.60. The van der Waals surface area contributed by atoms with Gasteiger partial charge in [0.15, 0.2) is 5.54 Å². The van der Waals surface area contributed by atoms with Crippen LogP contribution in [-0.4, -0.2) is 53.0 Å². The zero-order valence-corrected chi connectivity index (χ0v) is 14.7. The second-order valence-corrected chi connectivity index (χ2v) is 7.53.